The second-order valence-electron chi connectivity index (χ2n) is 5.26. The molecule has 1 unspecified atom stereocenters. The highest BCUT2D eigenvalue weighted by molar-refractivity contribution is 5.55. The fourth-order valence-electron chi connectivity index (χ4n) is 2.01. The van der Waals surface area contributed by atoms with Gasteiger partial charge in [0, 0.05) is 17.8 Å². The zero-order valence-corrected chi connectivity index (χ0v) is 11.4. The van der Waals surface area contributed by atoms with Gasteiger partial charge < -0.3 is 14.8 Å². The molecule has 5 heteroatoms. The van der Waals surface area contributed by atoms with Crippen LogP contribution in [0.5, 0.6) is 11.5 Å². The second-order valence-corrected chi connectivity index (χ2v) is 5.26. The van der Waals surface area contributed by atoms with Gasteiger partial charge in [-0.15, -0.1) is 0 Å². The zero-order chi connectivity index (χ0) is 14.0. The predicted molar refractivity (Wildman–Crippen MR) is 70.1 cm³/mol. The Morgan fingerprint density at radius 1 is 1.26 bits per heavy atom. The predicted octanol–water partition coefficient (Wildman–Crippen LogP) is 3.90. The topological polar surface area (TPSA) is 30.5 Å². The number of hydrogen-bond acceptors (Lipinski definition) is 3. The number of halogens is 2. The minimum Gasteiger partial charge on any atom is -0.493 e. The Hall–Kier alpha value is -1.52. The fourth-order valence-corrected chi connectivity index (χ4v) is 2.01. The van der Waals surface area contributed by atoms with Gasteiger partial charge in [0.15, 0.2) is 11.5 Å². The van der Waals surface area contributed by atoms with E-state index in [9.17, 15) is 8.78 Å². The quantitative estimate of drug-likeness (QED) is 0.851. The van der Waals surface area contributed by atoms with Crippen molar-refractivity contribution in [2.24, 2.45) is 5.41 Å². The first-order valence-corrected chi connectivity index (χ1v) is 6.34. The van der Waals surface area contributed by atoms with Gasteiger partial charge >= 0.3 is 6.61 Å². The van der Waals surface area contributed by atoms with Gasteiger partial charge in [0.25, 0.3) is 0 Å². The zero-order valence-electron chi connectivity index (χ0n) is 11.4. The van der Waals surface area contributed by atoms with Crippen LogP contribution in [0.25, 0.3) is 0 Å². The molecule has 0 aromatic heterocycles. The number of ether oxygens (including phenoxy) is 2. The molecule has 0 amide bonds. The summed E-state index contributed by atoms with van der Waals surface area (Å²) in [5, 5.41) is 3.33. The molecule has 1 N–H and O–H groups in total. The normalized spacial score (nSPS) is 18.0. The molecule has 1 aromatic rings. The van der Waals surface area contributed by atoms with E-state index in [-0.39, 0.29) is 5.75 Å². The van der Waals surface area contributed by atoms with Crippen LogP contribution in [0.3, 0.4) is 0 Å². The monoisotopic (exact) mass is 271 g/mol. The third kappa shape index (κ3) is 3.28. The van der Waals surface area contributed by atoms with E-state index in [1.165, 1.54) is 20.0 Å². The maximum absolute atomic E-state index is 12.3. The molecule has 0 saturated heterocycles. The van der Waals surface area contributed by atoms with Crippen LogP contribution in [0.2, 0.25) is 0 Å². The van der Waals surface area contributed by atoms with Crippen molar-refractivity contribution in [2.75, 3.05) is 12.4 Å². The fraction of sp³-hybridized carbons (Fsp3) is 0.571. The molecule has 1 saturated carbocycles. The van der Waals surface area contributed by atoms with Crippen molar-refractivity contribution in [1.82, 2.24) is 0 Å². The molecule has 3 nitrogen and oxygen atoms in total. The summed E-state index contributed by atoms with van der Waals surface area (Å²) < 4.78 is 34.1. The van der Waals surface area contributed by atoms with E-state index in [1.54, 1.807) is 18.2 Å². The summed E-state index contributed by atoms with van der Waals surface area (Å²) in [6.07, 6.45) is 2.38. The SMILES string of the molecule is COc1ccc(NC(C)C2(C)CC2)cc1OC(F)F. The summed E-state index contributed by atoms with van der Waals surface area (Å²) in [7, 11) is 1.43. The van der Waals surface area contributed by atoms with Crippen molar-refractivity contribution in [3.8, 4) is 11.5 Å². The van der Waals surface area contributed by atoms with Gasteiger partial charge in [0.1, 0.15) is 0 Å². The lowest BCUT2D eigenvalue weighted by Gasteiger charge is -2.22. The minimum atomic E-state index is -2.86. The average Bonchev–Trinajstić information content (AvgIpc) is 3.08. The third-order valence-corrected chi connectivity index (χ3v) is 3.85. The largest absolute Gasteiger partial charge is 0.493 e. The summed E-state index contributed by atoms with van der Waals surface area (Å²) in [4.78, 5) is 0. The van der Waals surface area contributed by atoms with E-state index in [1.807, 2.05) is 0 Å². The van der Waals surface area contributed by atoms with Crippen LogP contribution in [0.15, 0.2) is 18.2 Å². The van der Waals surface area contributed by atoms with Crippen LogP contribution < -0.4 is 14.8 Å². The Morgan fingerprint density at radius 3 is 2.47 bits per heavy atom. The molecule has 1 aliphatic rings. The molecule has 106 valence electrons. The van der Waals surface area contributed by atoms with E-state index >= 15 is 0 Å². The van der Waals surface area contributed by atoms with Gasteiger partial charge in [-0.05, 0) is 37.3 Å². The summed E-state index contributed by atoms with van der Waals surface area (Å²) in [6, 6.07) is 5.27. The number of hydrogen-bond donors (Lipinski definition) is 1. The number of rotatable bonds is 6. The Kier molecular flexibility index (Phi) is 3.83. The standard InChI is InChI=1S/C14H19F2NO2/c1-9(14(2)6-7-14)17-10-4-5-11(18-3)12(8-10)19-13(15)16/h4-5,8-9,13,17H,6-7H2,1-3H3. The lowest BCUT2D eigenvalue weighted by atomic mass is 10.0. The van der Waals surface area contributed by atoms with Gasteiger partial charge in [-0.25, -0.2) is 0 Å². The smallest absolute Gasteiger partial charge is 0.387 e. The Morgan fingerprint density at radius 2 is 1.95 bits per heavy atom. The Bertz CT molecular complexity index is 447. The van der Waals surface area contributed by atoms with Crippen molar-refractivity contribution in [3.63, 3.8) is 0 Å². The Balaban J connectivity index is 2.12. The van der Waals surface area contributed by atoms with Gasteiger partial charge in [-0.2, -0.15) is 8.78 Å². The highest BCUT2D eigenvalue weighted by Gasteiger charge is 2.42. The van der Waals surface area contributed by atoms with Gasteiger partial charge in [-0.1, -0.05) is 6.92 Å². The van der Waals surface area contributed by atoms with Gasteiger partial charge in [-0.3, -0.25) is 0 Å². The molecule has 1 aromatic carbocycles. The molecule has 0 heterocycles. The molecule has 1 atom stereocenters. The first kappa shape index (κ1) is 13.9. The van der Waals surface area contributed by atoms with Crippen molar-refractivity contribution in [1.29, 1.82) is 0 Å². The molecule has 1 aliphatic carbocycles. The number of benzene rings is 1. The second kappa shape index (κ2) is 5.23. The first-order valence-electron chi connectivity index (χ1n) is 6.34. The van der Waals surface area contributed by atoms with E-state index in [4.69, 9.17) is 4.74 Å². The molecule has 0 spiro atoms. The van der Waals surface area contributed by atoms with E-state index < -0.39 is 6.61 Å². The van der Waals surface area contributed by atoms with Crippen LogP contribution in [0.1, 0.15) is 26.7 Å². The van der Waals surface area contributed by atoms with Crippen molar-refractivity contribution in [3.05, 3.63) is 18.2 Å². The summed E-state index contributed by atoms with van der Waals surface area (Å²) >= 11 is 0. The molecule has 0 aliphatic heterocycles. The highest BCUT2D eigenvalue weighted by atomic mass is 19.3. The molecule has 19 heavy (non-hydrogen) atoms. The summed E-state index contributed by atoms with van der Waals surface area (Å²) in [5.74, 6) is 0.354. The van der Waals surface area contributed by atoms with Gasteiger partial charge in [0.05, 0.1) is 7.11 Å². The molecule has 2 rings (SSSR count). The van der Waals surface area contributed by atoms with Crippen molar-refractivity contribution < 1.29 is 18.3 Å². The number of alkyl halides is 2. The minimum absolute atomic E-state index is 0.0515. The molecular weight excluding hydrogens is 252 g/mol. The lowest BCUT2D eigenvalue weighted by Crippen LogP contribution is -2.24. The maximum Gasteiger partial charge on any atom is 0.387 e. The molecule has 0 radical (unpaired) electrons. The van der Waals surface area contributed by atoms with Crippen LogP contribution in [0, 0.1) is 5.41 Å². The van der Waals surface area contributed by atoms with Crippen LogP contribution in [-0.2, 0) is 0 Å². The van der Waals surface area contributed by atoms with E-state index in [2.05, 4.69) is 23.9 Å². The van der Waals surface area contributed by atoms with E-state index in [0.29, 0.717) is 17.2 Å². The highest BCUT2D eigenvalue weighted by Crippen LogP contribution is 2.49. The number of nitrogens with one attached hydrogen (secondary N) is 1. The number of methoxy groups -OCH3 is 1. The maximum atomic E-state index is 12.3. The Labute approximate surface area is 111 Å². The van der Waals surface area contributed by atoms with Crippen molar-refractivity contribution >= 4 is 5.69 Å². The molecule has 0 bridgehead atoms. The molecular formula is C14H19F2NO2. The summed E-state index contributed by atoms with van der Waals surface area (Å²) in [6.45, 7) is 1.46. The molecule has 1 fully saturated rings. The van der Waals surface area contributed by atoms with Crippen LogP contribution in [-0.4, -0.2) is 19.8 Å². The third-order valence-electron chi connectivity index (χ3n) is 3.85. The van der Waals surface area contributed by atoms with Crippen molar-refractivity contribution in [2.45, 2.75) is 39.3 Å². The lowest BCUT2D eigenvalue weighted by molar-refractivity contribution is -0.0511. The summed E-state index contributed by atoms with van der Waals surface area (Å²) in [5.41, 5.74) is 1.07. The average molecular weight is 271 g/mol. The first-order chi connectivity index (χ1) is 8.94. The number of anilines is 1. The van der Waals surface area contributed by atoms with Gasteiger partial charge in [0.2, 0.25) is 0 Å². The van der Waals surface area contributed by atoms with E-state index in [0.717, 1.165) is 5.69 Å². The van der Waals surface area contributed by atoms with Crippen LogP contribution >= 0.6 is 0 Å². The van der Waals surface area contributed by atoms with Crippen LogP contribution in [0.4, 0.5) is 14.5 Å².